The number of nitrogens with one attached hydrogen (secondary N) is 2. The second kappa shape index (κ2) is 10.6. The highest BCUT2D eigenvalue weighted by atomic mass is 32.1. The lowest BCUT2D eigenvalue weighted by Gasteiger charge is -2.38. The summed E-state index contributed by atoms with van der Waals surface area (Å²) in [7, 11) is 0. The van der Waals surface area contributed by atoms with E-state index in [0.717, 1.165) is 50.8 Å². The van der Waals surface area contributed by atoms with E-state index in [-0.39, 0.29) is 45.6 Å². The van der Waals surface area contributed by atoms with Gasteiger partial charge in [-0.05, 0) is 46.1 Å². The molecule has 3 heterocycles. The van der Waals surface area contributed by atoms with Gasteiger partial charge in [0, 0.05) is 36.9 Å². The summed E-state index contributed by atoms with van der Waals surface area (Å²) in [5.41, 5.74) is -2.64. The van der Waals surface area contributed by atoms with Gasteiger partial charge < -0.3 is 20.6 Å². The highest BCUT2D eigenvalue weighted by molar-refractivity contribution is 7.17. The summed E-state index contributed by atoms with van der Waals surface area (Å²) in [6.07, 6.45) is 2.05. The number of carbonyl (C=O) groups excluding carboxylic acids is 2. The van der Waals surface area contributed by atoms with Crippen molar-refractivity contribution < 1.29 is 27.9 Å². The minimum atomic E-state index is -4.72. The molecule has 1 saturated heterocycles. The van der Waals surface area contributed by atoms with Crippen molar-refractivity contribution >= 4 is 29.0 Å². The Balaban J connectivity index is 1.74. The molecule has 0 radical (unpaired) electrons. The van der Waals surface area contributed by atoms with Gasteiger partial charge in [-0.1, -0.05) is 19.3 Å². The van der Waals surface area contributed by atoms with E-state index < -0.39 is 29.2 Å². The van der Waals surface area contributed by atoms with Gasteiger partial charge in [0.25, 0.3) is 11.8 Å². The van der Waals surface area contributed by atoms with E-state index in [1.165, 1.54) is 18.7 Å². The number of nitrogens with zero attached hydrogens (tertiary/aromatic N) is 3. The molecule has 12 heteroatoms. The molecule has 0 bridgehead atoms. The molecule has 2 fully saturated rings. The highest BCUT2D eigenvalue weighted by Crippen LogP contribution is 2.42. The first-order valence-electron chi connectivity index (χ1n) is 12.5. The van der Waals surface area contributed by atoms with Crippen molar-refractivity contribution in [2.45, 2.75) is 83.2 Å². The molecule has 0 unspecified atom stereocenters. The number of halogens is 3. The van der Waals surface area contributed by atoms with Crippen LogP contribution >= 0.6 is 11.3 Å². The normalized spacial score (nSPS) is 18.9. The van der Waals surface area contributed by atoms with Gasteiger partial charge in [0.05, 0.1) is 16.0 Å². The average molecular weight is 540 g/mol. The Bertz CT molecular complexity index is 1160. The van der Waals surface area contributed by atoms with Crippen LogP contribution in [0.25, 0.3) is 10.4 Å². The SMILES string of the molecule is C[C@H]1CCN1C(=O)c1nc(C(=O)NCC(C)(C)O)sc1-c1cnc(NC2CCCCC2)cc1C(F)(F)F. The molecule has 202 valence electrons. The predicted octanol–water partition coefficient (Wildman–Crippen LogP) is 4.70. The maximum absolute atomic E-state index is 14.3. The Hall–Kier alpha value is -2.73. The molecule has 0 spiro atoms. The van der Waals surface area contributed by atoms with Gasteiger partial charge >= 0.3 is 6.18 Å². The van der Waals surface area contributed by atoms with Crippen molar-refractivity contribution in [3.63, 3.8) is 0 Å². The van der Waals surface area contributed by atoms with E-state index in [0.29, 0.717) is 17.9 Å². The quantitative estimate of drug-likeness (QED) is 0.471. The summed E-state index contributed by atoms with van der Waals surface area (Å²) in [5, 5.41) is 15.4. The third kappa shape index (κ3) is 6.40. The molecule has 2 amide bonds. The van der Waals surface area contributed by atoms with Crippen molar-refractivity contribution in [2.75, 3.05) is 18.4 Å². The van der Waals surface area contributed by atoms with Gasteiger partial charge in [-0.2, -0.15) is 13.2 Å². The summed E-state index contributed by atoms with van der Waals surface area (Å²) in [6, 6.07) is 0.961. The first-order valence-corrected chi connectivity index (χ1v) is 13.3. The molecule has 4 rings (SSSR count). The van der Waals surface area contributed by atoms with E-state index in [1.54, 1.807) is 0 Å². The molecule has 8 nitrogen and oxygen atoms in total. The fraction of sp³-hybridized carbons (Fsp3) is 0.600. The monoisotopic (exact) mass is 539 g/mol. The number of thiazole rings is 1. The van der Waals surface area contributed by atoms with Crippen LogP contribution in [0.3, 0.4) is 0 Å². The molecule has 3 N–H and O–H groups in total. The number of likely N-dealkylation sites (tertiary alicyclic amines) is 1. The number of anilines is 1. The van der Waals surface area contributed by atoms with Crippen LogP contribution in [-0.2, 0) is 6.18 Å². The third-order valence-electron chi connectivity index (χ3n) is 6.70. The summed E-state index contributed by atoms with van der Waals surface area (Å²) >= 11 is 0.712. The third-order valence-corrected chi connectivity index (χ3v) is 7.78. The number of hydrogen-bond donors (Lipinski definition) is 3. The smallest absolute Gasteiger partial charge is 0.389 e. The second-order valence-corrected chi connectivity index (χ2v) is 11.4. The van der Waals surface area contributed by atoms with Crippen molar-refractivity contribution in [3.8, 4) is 10.4 Å². The first kappa shape index (κ1) is 27.3. The van der Waals surface area contributed by atoms with E-state index in [9.17, 15) is 27.9 Å². The van der Waals surface area contributed by atoms with Crippen LogP contribution in [0.2, 0.25) is 0 Å². The Morgan fingerprint density at radius 2 is 1.89 bits per heavy atom. The van der Waals surface area contributed by atoms with E-state index in [1.807, 2.05) is 6.92 Å². The second-order valence-electron chi connectivity index (χ2n) is 10.4. The summed E-state index contributed by atoms with van der Waals surface area (Å²) in [5.74, 6) is -1.08. The van der Waals surface area contributed by atoms with Crippen LogP contribution < -0.4 is 10.6 Å². The van der Waals surface area contributed by atoms with Gasteiger partial charge in [-0.25, -0.2) is 9.97 Å². The van der Waals surface area contributed by atoms with Crippen LogP contribution in [0, 0.1) is 0 Å². The zero-order chi connectivity index (χ0) is 27.0. The molecule has 2 aliphatic rings. The molecule has 1 saturated carbocycles. The van der Waals surface area contributed by atoms with Gasteiger partial charge in [-0.3, -0.25) is 9.59 Å². The highest BCUT2D eigenvalue weighted by Gasteiger charge is 2.39. The number of aromatic nitrogens is 2. The number of rotatable bonds is 7. The number of aliphatic hydroxyl groups is 1. The zero-order valence-corrected chi connectivity index (χ0v) is 21.9. The number of pyridine rings is 1. The minimum Gasteiger partial charge on any atom is -0.389 e. The molecule has 1 aliphatic heterocycles. The largest absolute Gasteiger partial charge is 0.417 e. The molecule has 1 atom stereocenters. The summed E-state index contributed by atoms with van der Waals surface area (Å²) < 4.78 is 42.8. The maximum atomic E-state index is 14.3. The molecule has 2 aromatic heterocycles. The lowest BCUT2D eigenvalue weighted by molar-refractivity contribution is -0.137. The molecule has 37 heavy (non-hydrogen) atoms. The zero-order valence-electron chi connectivity index (χ0n) is 21.1. The lowest BCUT2D eigenvalue weighted by atomic mass is 9.95. The standard InChI is InChI=1S/C25H32F3N5O3S/c1-14-9-10-33(14)23(35)19-20(37-22(32-19)21(34)30-13-24(2,3)36)16-12-29-18(11-17(16)25(26,27)28)31-15-7-5-4-6-8-15/h11-12,14-15,36H,4-10,13H2,1-3H3,(H,29,31)(H,30,34)/t14-/m0/s1. The molecule has 2 aromatic rings. The minimum absolute atomic E-state index is 0.0541. The van der Waals surface area contributed by atoms with Crippen LogP contribution in [0.4, 0.5) is 19.0 Å². The molecular formula is C25H32F3N5O3S. The van der Waals surface area contributed by atoms with E-state index in [2.05, 4.69) is 20.6 Å². The Labute approximate surface area is 217 Å². The van der Waals surface area contributed by atoms with Crippen LogP contribution in [0.5, 0.6) is 0 Å². The predicted molar refractivity (Wildman–Crippen MR) is 135 cm³/mol. The number of amides is 2. The van der Waals surface area contributed by atoms with Crippen molar-refractivity contribution in [3.05, 3.63) is 28.5 Å². The van der Waals surface area contributed by atoms with Crippen molar-refractivity contribution in [2.24, 2.45) is 0 Å². The maximum Gasteiger partial charge on any atom is 0.417 e. The van der Waals surface area contributed by atoms with E-state index in [4.69, 9.17) is 0 Å². The Morgan fingerprint density at radius 3 is 2.46 bits per heavy atom. The summed E-state index contributed by atoms with van der Waals surface area (Å²) in [6.45, 7) is 5.23. The van der Waals surface area contributed by atoms with E-state index >= 15 is 0 Å². The van der Waals surface area contributed by atoms with Gasteiger partial charge in [0.1, 0.15) is 11.5 Å². The topological polar surface area (TPSA) is 107 Å². The number of alkyl halides is 3. The molecular weight excluding hydrogens is 507 g/mol. The molecule has 0 aromatic carbocycles. The van der Waals surface area contributed by atoms with Crippen LogP contribution in [-0.4, -0.2) is 62.6 Å². The van der Waals surface area contributed by atoms with Crippen LogP contribution in [0.1, 0.15) is 85.2 Å². The first-order chi connectivity index (χ1) is 17.3. The summed E-state index contributed by atoms with van der Waals surface area (Å²) in [4.78, 5) is 35.9. The number of hydrogen-bond acceptors (Lipinski definition) is 7. The fourth-order valence-corrected chi connectivity index (χ4v) is 5.47. The number of carbonyl (C=O) groups is 2. The molecule has 1 aliphatic carbocycles. The Morgan fingerprint density at radius 1 is 1.19 bits per heavy atom. The Kier molecular flexibility index (Phi) is 7.80. The van der Waals surface area contributed by atoms with Gasteiger partial charge in [0.15, 0.2) is 5.01 Å². The van der Waals surface area contributed by atoms with Crippen molar-refractivity contribution in [1.29, 1.82) is 0 Å². The van der Waals surface area contributed by atoms with Gasteiger partial charge in [-0.15, -0.1) is 11.3 Å². The van der Waals surface area contributed by atoms with Gasteiger partial charge in [0.2, 0.25) is 0 Å². The lowest BCUT2D eigenvalue weighted by Crippen LogP contribution is -2.49. The average Bonchev–Trinajstić information content (AvgIpc) is 3.27. The fourth-order valence-electron chi connectivity index (χ4n) is 4.48. The van der Waals surface area contributed by atoms with Crippen LogP contribution in [0.15, 0.2) is 12.3 Å². The van der Waals surface area contributed by atoms with Crippen molar-refractivity contribution in [1.82, 2.24) is 20.2 Å².